The highest BCUT2D eigenvalue weighted by Crippen LogP contribution is 2.26. The fourth-order valence-corrected chi connectivity index (χ4v) is 4.36. The Morgan fingerprint density at radius 1 is 0.970 bits per heavy atom. The minimum atomic E-state index is -0.330. The van der Waals surface area contributed by atoms with E-state index in [1.807, 2.05) is 80.6 Å². The number of nitrogens with one attached hydrogen (secondary N) is 1. The van der Waals surface area contributed by atoms with Gasteiger partial charge in [-0.25, -0.2) is 0 Å². The predicted octanol–water partition coefficient (Wildman–Crippen LogP) is 4.67. The lowest BCUT2D eigenvalue weighted by atomic mass is 10.0. The van der Waals surface area contributed by atoms with Crippen molar-refractivity contribution in [1.82, 2.24) is 9.80 Å². The minimum absolute atomic E-state index is 0.00967. The van der Waals surface area contributed by atoms with Gasteiger partial charge in [0, 0.05) is 38.4 Å². The molecule has 1 aliphatic heterocycles. The number of aryl methyl sites for hydroxylation is 2. The maximum absolute atomic E-state index is 13.5. The number of carbonyl (C=O) groups is 1. The van der Waals surface area contributed by atoms with E-state index in [0.29, 0.717) is 5.56 Å². The fourth-order valence-electron chi connectivity index (χ4n) is 4.36. The molecule has 3 aromatic rings. The highest BCUT2D eigenvalue weighted by molar-refractivity contribution is 5.96. The molecule has 0 aromatic heterocycles. The van der Waals surface area contributed by atoms with E-state index < -0.39 is 0 Å². The van der Waals surface area contributed by atoms with Crippen LogP contribution in [0.25, 0.3) is 0 Å². The lowest BCUT2D eigenvalue weighted by Gasteiger charge is -2.39. The van der Waals surface area contributed by atoms with Gasteiger partial charge in [-0.3, -0.25) is 14.6 Å². The molecule has 1 aliphatic rings. The molecule has 1 fully saturated rings. The largest absolute Gasteiger partial charge is 0.324 e. The van der Waals surface area contributed by atoms with Gasteiger partial charge in [0.2, 0.25) is 5.91 Å². The van der Waals surface area contributed by atoms with Crippen LogP contribution in [0.4, 0.5) is 5.69 Å². The van der Waals surface area contributed by atoms with Gasteiger partial charge in [0.05, 0.1) is 11.6 Å². The predicted molar refractivity (Wildman–Crippen MR) is 132 cm³/mol. The first kappa shape index (κ1) is 22.7. The van der Waals surface area contributed by atoms with Crippen LogP contribution in [0.3, 0.4) is 0 Å². The second-order valence-corrected chi connectivity index (χ2v) is 8.74. The minimum Gasteiger partial charge on any atom is -0.324 e. The first-order chi connectivity index (χ1) is 16.0. The van der Waals surface area contributed by atoms with Gasteiger partial charge >= 0.3 is 0 Å². The summed E-state index contributed by atoms with van der Waals surface area (Å²) in [5, 5.41) is 12.2. The molecule has 0 unspecified atom stereocenters. The Morgan fingerprint density at radius 2 is 1.67 bits per heavy atom. The number of benzene rings is 3. The van der Waals surface area contributed by atoms with Gasteiger partial charge in [-0.05, 0) is 54.3 Å². The summed E-state index contributed by atoms with van der Waals surface area (Å²) in [5.41, 5.74) is 5.97. The molecule has 0 saturated carbocycles. The first-order valence-corrected chi connectivity index (χ1v) is 11.4. The summed E-state index contributed by atoms with van der Waals surface area (Å²) in [6, 6.07) is 25.8. The summed E-state index contributed by atoms with van der Waals surface area (Å²) in [6.07, 6.45) is 0. The average molecular weight is 439 g/mol. The molecular weight excluding hydrogens is 408 g/mol. The molecule has 3 aromatic carbocycles. The second-order valence-electron chi connectivity index (χ2n) is 8.74. The summed E-state index contributed by atoms with van der Waals surface area (Å²) >= 11 is 0. The number of anilines is 1. The fraction of sp³-hybridized carbons (Fsp3) is 0.286. The van der Waals surface area contributed by atoms with E-state index in [1.54, 1.807) is 0 Å². The Balaban J connectivity index is 1.46. The van der Waals surface area contributed by atoms with E-state index in [2.05, 4.69) is 27.3 Å². The van der Waals surface area contributed by atoms with Gasteiger partial charge in [-0.1, -0.05) is 54.6 Å². The molecular formula is C28H30N4O. The van der Waals surface area contributed by atoms with E-state index in [-0.39, 0.29) is 11.9 Å². The smallest absolute Gasteiger partial charge is 0.246 e. The van der Waals surface area contributed by atoms with Gasteiger partial charge in [0.1, 0.15) is 6.04 Å². The lowest BCUT2D eigenvalue weighted by molar-refractivity contribution is -0.122. The third-order valence-corrected chi connectivity index (χ3v) is 6.28. The van der Waals surface area contributed by atoms with E-state index in [4.69, 9.17) is 5.26 Å². The Kier molecular flexibility index (Phi) is 7.19. The summed E-state index contributed by atoms with van der Waals surface area (Å²) in [7, 11) is 0. The lowest BCUT2D eigenvalue weighted by Crippen LogP contribution is -2.49. The molecule has 0 spiro atoms. The van der Waals surface area contributed by atoms with Crippen LogP contribution in [0, 0.1) is 25.2 Å². The molecule has 1 saturated heterocycles. The number of rotatable bonds is 6. The van der Waals surface area contributed by atoms with Crippen molar-refractivity contribution in [2.75, 3.05) is 31.5 Å². The highest BCUT2D eigenvalue weighted by Gasteiger charge is 2.30. The topological polar surface area (TPSA) is 59.4 Å². The number of nitrogens with zero attached hydrogens (tertiary/aromatic N) is 3. The zero-order chi connectivity index (χ0) is 23.2. The summed E-state index contributed by atoms with van der Waals surface area (Å²) in [4.78, 5) is 18.2. The molecule has 4 rings (SSSR count). The van der Waals surface area contributed by atoms with Crippen molar-refractivity contribution in [2.24, 2.45) is 0 Å². The van der Waals surface area contributed by atoms with Gasteiger partial charge < -0.3 is 5.32 Å². The number of nitriles is 1. The Hall–Kier alpha value is -3.46. The quantitative estimate of drug-likeness (QED) is 0.607. The summed E-state index contributed by atoms with van der Waals surface area (Å²) in [5.74, 6) is 0.00967. The van der Waals surface area contributed by atoms with Crippen molar-refractivity contribution in [3.05, 3.63) is 101 Å². The molecule has 0 radical (unpaired) electrons. The number of carbonyl (C=O) groups excluding carboxylic acids is 1. The van der Waals surface area contributed by atoms with Crippen LogP contribution in [0.2, 0.25) is 0 Å². The molecule has 5 nitrogen and oxygen atoms in total. The Bertz CT molecular complexity index is 1130. The van der Waals surface area contributed by atoms with Crippen LogP contribution in [-0.2, 0) is 11.3 Å². The van der Waals surface area contributed by atoms with Gasteiger partial charge in [-0.2, -0.15) is 5.26 Å². The maximum atomic E-state index is 13.5. The molecule has 0 bridgehead atoms. The molecule has 0 aliphatic carbocycles. The molecule has 168 valence electrons. The summed E-state index contributed by atoms with van der Waals surface area (Å²) in [6.45, 7) is 8.32. The Morgan fingerprint density at radius 3 is 2.33 bits per heavy atom. The standard InChI is InChI=1S/C28H30N4O/c1-21-8-9-22(2)26(18-21)30-28(33)27(25-6-4-3-5-7-25)32-16-14-31(15-17-32)20-24-12-10-23(19-29)11-13-24/h3-13,18,27H,14-17,20H2,1-2H3,(H,30,33)/t27-/m0/s1. The Labute approximate surface area is 196 Å². The number of hydrogen-bond acceptors (Lipinski definition) is 4. The molecule has 1 atom stereocenters. The number of hydrogen-bond donors (Lipinski definition) is 1. The second kappa shape index (κ2) is 10.4. The van der Waals surface area contributed by atoms with Gasteiger partial charge in [0.25, 0.3) is 0 Å². The zero-order valence-electron chi connectivity index (χ0n) is 19.3. The van der Waals surface area contributed by atoms with Crippen molar-refractivity contribution in [3.8, 4) is 6.07 Å². The van der Waals surface area contributed by atoms with Crippen molar-refractivity contribution >= 4 is 11.6 Å². The van der Waals surface area contributed by atoms with E-state index in [0.717, 1.165) is 55.1 Å². The number of amides is 1. The van der Waals surface area contributed by atoms with Crippen molar-refractivity contribution < 1.29 is 4.79 Å². The molecule has 1 heterocycles. The third-order valence-electron chi connectivity index (χ3n) is 6.28. The van der Waals surface area contributed by atoms with Crippen LogP contribution in [0.15, 0.2) is 72.8 Å². The average Bonchev–Trinajstić information content (AvgIpc) is 2.84. The van der Waals surface area contributed by atoms with Gasteiger partial charge in [-0.15, -0.1) is 0 Å². The van der Waals surface area contributed by atoms with Crippen LogP contribution < -0.4 is 5.32 Å². The molecule has 1 amide bonds. The molecule has 33 heavy (non-hydrogen) atoms. The first-order valence-electron chi connectivity index (χ1n) is 11.4. The van der Waals surface area contributed by atoms with Gasteiger partial charge in [0.15, 0.2) is 0 Å². The van der Waals surface area contributed by atoms with Crippen molar-refractivity contribution in [2.45, 2.75) is 26.4 Å². The highest BCUT2D eigenvalue weighted by atomic mass is 16.2. The monoisotopic (exact) mass is 438 g/mol. The van der Waals surface area contributed by atoms with E-state index >= 15 is 0 Å². The van der Waals surface area contributed by atoms with Crippen molar-refractivity contribution in [3.63, 3.8) is 0 Å². The SMILES string of the molecule is Cc1ccc(C)c(NC(=O)[C@H](c2ccccc2)N2CCN(Cc3ccc(C#N)cc3)CC2)c1. The van der Waals surface area contributed by atoms with Crippen LogP contribution in [0.5, 0.6) is 0 Å². The molecule has 1 N–H and O–H groups in total. The van der Waals surface area contributed by atoms with E-state index in [9.17, 15) is 4.79 Å². The van der Waals surface area contributed by atoms with Crippen molar-refractivity contribution in [1.29, 1.82) is 5.26 Å². The van der Waals surface area contributed by atoms with Crippen LogP contribution in [-0.4, -0.2) is 41.9 Å². The maximum Gasteiger partial charge on any atom is 0.246 e. The zero-order valence-corrected chi connectivity index (χ0v) is 19.3. The van der Waals surface area contributed by atoms with Crippen LogP contribution in [0.1, 0.15) is 33.9 Å². The third kappa shape index (κ3) is 5.67. The molecule has 5 heteroatoms. The normalized spacial score (nSPS) is 15.5. The van der Waals surface area contributed by atoms with Crippen LogP contribution >= 0.6 is 0 Å². The number of piperazine rings is 1. The van der Waals surface area contributed by atoms with E-state index in [1.165, 1.54) is 5.56 Å². The summed E-state index contributed by atoms with van der Waals surface area (Å²) < 4.78 is 0.